The van der Waals surface area contributed by atoms with Crippen LogP contribution in [0.1, 0.15) is 28.5 Å². The molecule has 144 valence electrons. The first kappa shape index (κ1) is 19.6. The Kier molecular flexibility index (Phi) is 7.21. The Bertz CT molecular complexity index is 867. The lowest BCUT2D eigenvalue weighted by Crippen LogP contribution is -2.38. The maximum Gasteiger partial charge on any atom is 0.315 e. The van der Waals surface area contributed by atoms with Gasteiger partial charge in [0.15, 0.2) is 0 Å². The van der Waals surface area contributed by atoms with E-state index in [9.17, 15) is 9.59 Å². The molecule has 1 atom stereocenters. The van der Waals surface area contributed by atoms with Gasteiger partial charge in [-0.05, 0) is 22.6 Å². The minimum absolute atomic E-state index is 0.106. The van der Waals surface area contributed by atoms with Gasteiger partial charge in [0.05, 0.1) is 6.04 Å². The maximum absolute atomic E-state index is 12.4. The average Bonchev–Trinajstić information content (AvgIpc) is 3.26. The van der Waals surface area contributed by atoms with Crippen molar-refractivity contribution in [1.29, 1.82) is 0 Å². The summed E-state index contributed by atoms with van der Waals surface area (Å²) < 4.78 is 0. The average molecular weight is 394 g/mol. The van der Waals surface area contributed by atoms with Crippen LogP contribution in [0.5, 0.6) is 0 Å². The van der Waals surface area contributed by atoms with Gasteiger partial charge >= 0.3 is 6.03 Å². The molecule has 0 bridgehead atoms. The van der Waals surface area contributed by atoms with Crippen LogP contribution >= 0.6 is 11.3 Å². The van der Waals surface area contributed by atoms with Crippen molar-refractivity contribution in [2.24, 2.45) is 0 Å². The molecule has 0 saturated heterocycles. The molecular formula is C22H23N3O2S. The highest BCUT2D eigenvalue weighted by atomic mass is 32.1. The number of urea groups is 1. The topological polar surface area (TPSA) is 70.2 Å². The quantitative estimate of drug-likeness (QED) is 0.544. The molecule has 0 spiro atoms. The largest absolute Gasteiger partial charge is 0.344 e. The van der Waals surface area contributed by atoms with Crippen LogP contribution in [0.3, 0.4) is 0 Å². The number of hydrogen-bond acceptors (Lipinski definition) is 3. The van der Waals surface area contributed by atoms with Gasteiger partial charge < -0.3 is 16.0 Å². The summed E-state index contributed by atoms with van der Waals surface area (Å²) >= 11 is 1.61. The van der Waals surface area contributed by atoms with Crippen LogP contribution in [0.4, 0.5) is 4.79 Å². The SMILES string of the molecule is O=C(CCNC(=O)NCc1ccccc1)NC(c1ccccc1)c1cccs1. The summed E-state index contributed by atoms with van der Waals surface area (Å²) in [5.74, 6) is -0.106. The number of benzene rings is 2. The van der Waals surface area contributed by atoms with Crippen LogP contribution in [0.25, 0.3) is 0 Å². The molecular weight excluding hydrogens is 370 g/mol. The van der Waals surface area contributed by atoms with Crippen LogP contribution in [-0.2, 0) is 11.3 Å². The molecule has 6 heteroatoms. The zero-order valence-corrected chi connectivity index (χ0v) is 16.2. The smallest absolute Gasteiger partial charge is 0.315 e. The van der Waals surface area contributed by atoms with Crippen molar-refractivity contribution in [3.63, 3.8) is 0 Å². The predicted octanol–water partition coefficient (Wildman–Crippen LogP) is 3.84. The third-order valence-corrected chi connectivity index (χ3v) is 5.14. The van der Waals surface area contributed by atoms with E-state index in [0.29, 0.717) is 6.54 Å². The fourth-order valence-corrected chi connectivity index (χ4v) is 3.59. The number of thiophene rings is 1. The third kappa shape index (κ3) is 5.96. The highest BCUT2D eigenvalue weighted by Crippen LogP contribution is 2.25. The van der Waals surface area contributed by atoms with Crippen molar-refractivity contribution >= 4 is 23.3 Å². The van der Waals surface area contributed by atoms with Gasteiger partial charge in [-0.3, -0.25) is 4.79 Å². The second-order valence-corrected chi connectivity index (χ2v) is 7.25. The molecule has 0 aliphatic rings. The molecule has 5 nitrogen and oxygen atoms in total. The lowest BCUT2D eigenvalue weighted by molar-refractivity contribution is -0.121. The Balaban J connectivity index is 1.45. The molecule has 1 aromatic heterocycles. The van der Waals surface area contributed by atoms with E-state index >= 15 is 0 Å². The van der Waals surface area contributed by atoms with Crippen molar-refractivity contribution < 1.29 is 9.59 Å². The van der Waals surface area contributed by atoms with E-state index in [4.69, 9.17) is 0 Å². The molecule has 0 fully saturated rings. The summed E-state index contributed by atoms with van der Waals surface area (Å²) in [6.45, 7) is 0.728. The van der Waals surface area contributed by atoms with Crippen LogP contribution in [-0.4, -0.2) is 18.5 Å². The first-order chi connectivity index (χ1) is 13.7. The van der Waals surface area contributed by atoms with E-state index in [1.54, 1.807) is 11.3 Å². The summed E-state index contributed by atoms with van der Waals surface area (Å²) in [6, 6.07) is 23.1. The number of carbonyl (C=O) groups is 2. The molecule has 0 aliphatic heterocycles. The van der Waals surface area contributed by atoms with Gasteiger partial charge in [-0.25, -0.2) is 4.79 Å². The molecule has 3 amide bonds. The minimum atomic E-state index is -0.283. The Morgan fingerprint density at radius 3 is 2.25 bits per heavy atom. The second-order valence-electron chi connectivity index (χ2n) is 6.27. The van der Waals surface area contributed by atoms with E-state index in [2.05, 4.69) is 16.0 Å². The van der Waals surface area contributed by atoms with E-state index in [0.717, 1.165) is 16.0 Å². The first-order valence-corrected chi connectivity index (χ1v) is 10.0. The van der Waals surface area contributed by atoms with Crippen LogP contribution < -0.4 is 16.0 Å². The molecule has 0 aliphatic carbocycles. The molecule has 2 aromatic carbocycles. The van der Waals surface area contributed by atoms with Gasteiger partial charge in [-0.1, -0.05) is 66.7 Å². The number of hydrogen-bond donors (Lipinski definition) is 3. The van der Waals surface area contributed by atoms with Crippen molar-refractivity contribution in [1.82, 2.24) is 16.0 Å². The minimum Gasteiger partial charge on any atom is -0.344 e. The summed E-state index contributed by atoms with van der Waals surface area (Å²) in [5, 5.41) is 10.6. The fourth-order valence-electron chi connectivity index (χ4n) is 2.78. The molecule has 1 heterocycles. The van der Waals surface area contributed by atoms with E-state index < -0.39 is 0 Å². The first-order valence-electron chi connectivity index (χ1n) is 9.16. The van der Waals surface area contributed by atoms with Crippen LogP contribution in [0.2, 0.25) is 0 Å². The second kappa shape index (κ2) is 10.3. The number of amides is 3. The number of rotatable bonds is 8. The molecule has 3 rings (SSSR count). The predicted molar refractivity (Wildman–Crippen MR) is 112 cm³/mol. The molecule has 0 saturated carbocycles. The molecule has 3 N–H and O–H groups in total. The maximum atomic E-state index is 12.4. The summed E-state index contributed by atoms with van der Waals surface area (Å²) in [7, 11) is 0. The van der Waals surface area contributed by atoms with Crippen LogP contribution in [0, 0.1) is 0 Å². The lowest BCUT2D eigenvalue weighted by Gasteiger charge is -2.18. The standard InChI is InChI=1S/C22H23N3O2S/c26-20(13-14-23-22(27)24-16-17-8-3-1-4-9-17)25-21(19-12-7-15-28-19)18-10-5-2-6-11-18/h1-12,15,21H,13-14,16H2,(H,25,26)(H2,23,24,27). The van der Waals surface area contributed by atoms with Gasteiger partial charge in [-0.2, -0.15) is 0 Å². The van der Waals surface area contributed by atoms with Gasteiger partial charge in [0, 0.05) is 24.4 Å². The Morgan fingerprint density at radius 1 is 0.857 bits per heavy atom. The number of nitrogens with one attached hydrogen (secondary N) is 3. The Hall–Kier alpha value is -3.12. The normalized spacial score (nSPS) is 11.4. The highest BCUT2D eigenvalue weighted by molar-refractivity contribution is 7.10. The zero-order chi connectivity index (χ0) is 19.6. The lowest BCUT2D eigenvalue weighted by atomic mass is 10.1. The van der Waals surface area contributed by atoms with E-state index in [1.165, 1.54) is 0 Å². The van der Waals surface area contributed by atoms with Crippen molar-refractivity contribution in [3.8, 4) is 0 Å². The van der Waals surface area contributed by atoms with Gasteiger partial charge in [0.2, 0.25) is 5.91 Å². The fraction of sp³-hybridized carbons (Fsp3) is 0.182. The van der Waals surface area contributed by atoms with Gasteiger partial charge in [-0.15, -0.1) is 11.3 Å². The zero-order valence-electron chi connectivity index (χ0n) is 15.4. The monoisotopic (exact) mass is 393 g/mol. The Labute approximate surface area is 168 Å². The van der Waals surface area contributed by atoms with Gasteiger partial charge in [0.25, 0.3) is 0 Å². The summed E-state index contributed by atoms with van der Waals surface area (Å²) in [5.41, 5.74) is 2.06. The number of carbonyl (C=O) groups excluding carboxylic acids is 2. The van der Waals surface area contributed by atoms with Crippen molar-refractivity contribution in [2.45, 2.75) is 19.0 Å². The molecule has 28 heavy (non-hydrogen) atoms. The van der Waals surface area contributed by atoms with Crippen molar-refractivity contribution in [2.75, 3.05) is 6.54 Å². The summed E-state index contributed by atoms with van der Waals surface area (Å²) in [6.07, 6.45) is 0.216. The summed E-state index contributed by atoms with van der Waals surface area (Å²) in [4.78, 5) is 25.4. The molecule has 1 unspecified atom stereocenters. The molecule has 0 radical (unpaired) electrons. The van der Waals surface area contributed by atoms with Crippen molar-refractivity contribution in [3.05, 3.63) is 94.2 Å². The van der Waals surface area contributed by atoms with E-state index in [-0.39, 0.29) is 30.9 Å². The van der Waals surface area contributed by atoms with E-state index in [1.807, 2.05) is 78.2 Å². The Morgan fingerprint density at radius 2 is 1.57 bits per heavy atom. The highest BCUT2D eigenvalue weighted by Gasteiger charge is 2.17. The molecule has 3 aromatic rings. The van der Waals surface area contributed by atoms with Crippen LogP contribution in [0.15, 0.2) is 78.2 Å². The third-order valence-electron chi connectivity index (χ3n) is 4.20. The van der Waals surface area contributed by atoms with Gasteiger partial charge in [0.1, 0.15) is 0 Å².